The maximum absolute atomic E-state index is 15.0. The molecule has 142 valence electrons. The fourth-order valence-electron chi connectivity index (χ4n) is 5.83. The van der Waals surface area contributed by atoms with Crippen molar-refractivity contribution in [3.05, 3.63) is 28.8 Å². The molecule has 1 amide bonds. The summed E-state index contributed by atoms with van der Waals surface area (Å²) in [5.41, 5.74) is -6.15. The van der Waals surface area contributed by atoms with Crippen LogP contribution in [0.3, 0.4) is 0 Å². The van der Waals surface area contributed by atoms with Crippen LogP contribution < -0.4 is 10.1 Å². The first kappa shape index (κ1) is 18.0. The molecule has 5 rings (SSSR count). The van der Waals surface area contributed by atoms with Gasteiger partial charge in [0, 0.05) is 25.8 Å². The molecule has 0 aliphatic heterocycles. The number of alkyl halides is 3. The highest BCUT2D eigenvalue weighted by atomic mass is 35.5. The third-order valence-electron chi connectivity index (χ3n) is 6.02. The van der Waals surface area contributed by atoms with E-state index >= 15 is 0 Å². The van der Waals surface area contributed by atoms with Gasteiger partial charge in [-0.05, 0) is 42.9 Å². The van der Waals surface area contributed by atoms with Crippen LogP contribution in [-0.4, -0.2) is 36.6 Å². The van der Waals surface area contributed by atoms with E-state index in [-0.39, 0.29) is 55.7 Å². The first-order chi connectivity index (χ1) is 12.1. The average molecular weight is 388 g/mol. The zero-order valence-corrected chi connectivity index (χ0v) is 15.3. The summed E-state index contributed by atoms with van der Waals surface area (Å²) < 4.78 is 50.1. The van der Waals surface area contributed by atoms with Gasteiger partial charge in [0.05, 0.1) is 17.7 Å². The third kappa shape index (κ3) is 2.96. The van der Waals surface area contributed by atoms with Crippen LogP contribution in [0.5, 0.6) is 5.75 Å². The summed E-state index contributed by atoms with van der Waals surface area (Å²) in [6.07, 6.45) is -0.439. The number of hydrogen-bond donors (Lipinski definition) is 1. The summed E-state index contributed by atoms with van der Waals surface area (Å²) in [6, 6.07) is 4.68. The van der Waals surface area contributed by atoms with E-state index in [2.05, 4.69) is 5.32 Å². The molecule has 0 spiro atoms. The van der Waals surface area contributed by atoms with Crippen molar-refractivity contribution in [1.29, 1.82) is 0 Å². The van der Waals surface area contributed by atoms with E-state index in [4.69, 9.17) is 16.3 Å². The van der Waals surface area contributed by atoms with Crippen LogP contribution in [-0.2, 0) is 0 Å². The van der Waals surface area contributed by atoms with Gasteiger partial charge in [-0.25, -0.2) is 13.2 Å². The Labute approximate surface area is 155 Å². The van der Waals surface area contributed by atoms with Crippen LogP contribution in [0.1, 0.15) is 48.9 Å². The van der Waals surface area contributed by atoms with E-state index < -0.39 is 28.3 Å². The summed E-state index contributed by atoms with van der Waals surface area (Å²) in [4.78, 5) is 12.5. The molecule has 1 aromatic rings. The molecule has 0 aromatic heterocycles. The van der Waals surface area contributed by atoms with E-state index in [1.807, 2.05) is 0 Å². The van der Waals surface area contributed by atoms with E-state index in [0.29, 0.717) is 5.75 Å². The van der Waals surface area contributed by atoms with Gasteiger partial charge >= 0.3 is 0 Å². The lowest BCUT2D eigenvalue weighted by atomic mass is 9.46. The molecule has 4 bridgehead atoms. The predicted molar refractivity (Wildman–Crippen MR) is 92.0 cm³/mol. The SMILES string of the molecule is COc1ccc(Cl)c(C(=O)NCC23CC4(F)CC(F)(CC(F)(C4)C2)C3)c1. The quantitative estimate of drug-likeness (QED) is 0.821. The second-order valence-corrected chi connectivity index (χ2v) is 8.95. The van der Waals surface area contributed by atoms with Crippen LogP contribution in [0.15, 0.2) is 18.2 Å². The van der Waals surface area contributed by atoms with Crippen LogP contribution in [0, 0.1) is 5.41 Å². The fraction of sp³-hybridized carbons (Fsp3) is 0.632. The van der Waals surface area contributed by atoms with E-state index in [0.717, 1.165) is 0 Å². The molecule has 0 heterocycles. The lowest BCUT2D eigenvalue weighted by Crippen LogP contribution is -2.67. The van der Waals surface area contributed by atoms with Crippen molar-refractivity contribution in [1.82, 2.24) is 5.32 Å². The molecule has 0 unspecified atom stereocenters. The van der Waals surface area contributed by atoms with Crippen molar-refractivity contribution in [3.8, 4) is 5.75 Å². The number of carbonyl (C=O) groups excluding carboxylic acids is 1. The van der Waals surface area contributed by atoms with Gasteiger partial charge in [0.2, 0.25) is 0 Å². The zero-order valence-electron chi connectivity index (χ0n) is 14.5. The molecule has 0 saturated heterocycles. The van der Waals surface area contributed by atoms with Gasteiger partial charge in [-0.15, -0.1) is 0 Å². The van der Waals surface area contributed by atoms with Crippen LogP contribution in [0.25, 0.3) is 0 Å². The number of nitrogens with one attached hydrogen (secondary N) is 1. The molecular formula is C19H21ClF3NO2. The maximum atomic E-state index is 15.0. The molecule has 4 saturated carbocycles. The number of benzene rings is 1. The Bertz CT molecular complexity index is 718. The Morgan fingerprint density at radius 1 is 1.08 bits per heavy atom. The lowest BCUT2D eigenvalue weighted by molar-refractivity contribution is -0.214. The number of ether oxygens (including phenoxy) is 1. The van der Waals surface area contributed by atoms with E-state index in [9.17, 15) is 18.0 Å². The number of carbonyl (C=O) groups is 1. The van der Waals surface area contributed by atoms with Crippen LogP contribution in [0.2, 0.25) is 5.02 Å². The predicted octanol–water partition coefficient (Wildman–Crippen LogP) is 4.57. The number of amides is 1. The number of rotatable bonds is 4. The molecule has 4 fully saturated rings. The second-order valence-electron chi connectivity index (χ2n) is 8.54. The van der Waals surface area contributed by atoms with Crippen molar-refractivity contribution >= 4 is 17.5 Å². The Balaban J connectivity index is 1.54. The Morgan fingerprint density at radius 3 is 2.12 bits per heavy atom. The normalized spacial score (nSPS) is 40.5. The Kier molecular flexibility index (Phi) is 3.82. The highest BCUT2D eigenvalue weighted by Gasteiger charge is 2.70. The van der Waals surface area contributed by atoms with Gasteiger partial charge in [-0.2, -0.15) is 0 Å². The lowest BCUT2D eigenvalue weighted by Gasteiger charge is -2.63. The number of halogens is 4. The first-order valence-electron chi connectivity index (χ1n) is 8.76. The molecule has 1 N–H and O–H groups in total. The summed E-state index contributed by atoms with van der Waals surface area (Å²) in [6.45, 7) is 0.0301. The minimum atomic E-state index is -1.82. The van der Waals surface area contributed by atoms with Gasteiger partial charge < -0.3 is 10.1 Å². The Hall–Kier alpha value is -1.43. The molecule has 7 heteroatoms. The highest BCUT2D eigenvalue weighted by molar-refractivity contribution is 6.33. The smallest absolute Gasteiger partial charge is 0.252 e. The topological polar surface area (TPSA) is 38.3 Å². The van der Waals surface area contributed by atoms with E-state index in [1.54, 1.807) is 12.1 Å². The van der Waals surface area contributed by atoms with Crippen molar-refractivity contribution in [2.75, 3.05) is 13.7 Å². The molecule has 0 radical (unpaired) electrons. The van der Waals surface area contributed by atoms with Gasteiger partial charge in [-0.1, -0.05) is 11.6 Å². The van der Waals surface area contributed by atoms with Crippen LogP contribution >= 0.6 is 11.6 Å². The molecule has 3 nitrogen and oxygen atoms in total. The number of methoxy groups -OCH3 is 1. The summed E-state index contributed by atoms with van der Waals surface area (Å²) >= 11 is 6.07. The number of hydrogen-bond acceptors (Lipinski definition) is 2. The first-order valence-corrected chi connectivity index (χ1v) is 9.14. The summed E-state index contributed by atoms with van der Waals surface area (Å²) in [5, 5.41) is 2.97. The summed E-state index contributed by atoms with van der Waals surface area (Å²) in [5.74, 6) is 0.0147. The monoisotopic (exact) mass is 387 g/mol. The standard InChI is InChI=1S/C19H21ClF3NO2/c1-26-12-2-3-14(20)13(4-12)15(25)24-11-16-5-17(21)8-18(22,6-16)10-19(23,7-16)9-17/h2-4H,5-11H2,1H3,(H,24,25). The van der Waals surface area contributed by atoms with Gasteiger partial charge in [-0.3, -0.25) is 4.79 Å². The molecular weight excluding hydrogens is 367 g/mol. The van der Waals surface area contributed by atoms with Crippen molar-refractivity contribution < 1.29 is 22.7 Å². The fourth-order valence-corrected chi connectivity index (χ4v) is 6.03. The van der Waals surface area contributed by atoms with Crippen molar-refractivity contribution in [2.45, 2.75) is 55.5 Å². The molecule has 26 heavy (non-hydrogen) atoms. The molecule has 1 aromatic carbocycles. The third-order valence-corrected chi connectivity index (χ3v) is 6.35. The van der Waals surface area contributed by atoms with Gasteiger partial charge in [0.1, 0.15) is 22.8 Å². The van der Waals surface area contributed by atoms with Crippen molar-refractivity contribution in [2.24, 2.45) is 5.41 Å². The van der Waals surface area contributed by atoms with Gasteiger partial charge in [0.25, 0.3) is 5.91 Å². The summed E-state index contributed by atoms with van der Waals surface area (Å²) in [7, 11) is 1.47. The zero-order chi connectivity index (χ0) is 18.8. The van der Waals surface area contributed by atoms with E-state index in [1.165, 1.54) is 13.2 Å². The largest absolute Gasteiger partial charge is 0.497 e. The minimum absolute atomic E-state index is 0.0301. The second kappa shape index (κ2) is 5.54. The highest BCUT2D eigenvalue weighted by Crippen LogP contribution is 2.67. The molecule has 4 aliphatic rings. The Morgan fingerprint density at radius 2 is 1.62 bits per heavy atom. The van der Waals surface area contributed by atoms with Crippen molar-refractivity contribution in [3.63, 3.8) is 0 Å². The van der Waals surface area contributed by atoms with Gasteiger partial charge in [0.15, 0.2) is 0 Å². The average Bonchev–Trinajstić information content (AvgIpc) is 2.48. The minimum Gasteiger partial charge on any atom is -0.497 e. The van der Waals surface area contributed by atoms with Crippen LogP contribution in [0.4, 0.5) is 13.2 Å². The maximum Gasteiger partial charge on any atom is 0.252 e. The molecule has 4 aliphatic carbocycles. The molecule has 0 atom stereocenters.